The molecular formula is C14H19NO4S. The molecule has 0 saturated carbocycles. The van der Waals surface area contributed by atoms with E-state index in [1.54, 1.807) is 19.1 Å². The van der Waals surface area contributed by atoms with Crippen molar-refractivity contribution in [2.75, 3.05) is 6.54 Å². The molecule has 2 N–H and O–H groups in total. The summed E-state index contributed by atoms with van der Waals surface area (Å²) in [5, 5.41) is 9.82. The largest absolute Gasteiger partial charge is 0.481 e. The van der Waals surface area contributed by atoms with Gasteiger partial charge in [-0.3, -0.25) is 4.79 Å². The van der Waals surface area contributed by atoms with E-state index in [1.165, 1.54) is 6.08 Å². The zero-order chi connectivity index (χ0) is 15.0. The summed E-state index contributed by atoms with van der Waals surface area (Å²) in [6.45, 7) is 1.84. The van der Waals surface area contributed by atoms with E-state index in [9.17, 15) is 13.2 Å². The third-order valence-electron chi connectivity index (χ3n) is 2.78. The highest BCUT2D eigenvalue weighted by molar-refractivity contribution is 7.92. The number of benzene rings is 1. The van der Waals surface area contributed by atoms with Crippen LogP contribution in [0.25, 0.3) is 6.08 Å². The molecule has 1 aromatic carbocycles. The lowest BCUT2D eigenvalue weighted by atomic mass is 10.1. The lowest BCUT2D eigenvalue weighted by Gasteiger charge is -2.06. The SMILES string of the molecule is CC(CCCNS(=O)(=O)/C=C/c1ccccc1)C(=O)O. The predicted octanol–water partition coefficient (Wildman–Crippen LogP) is 2.08. The van der Waals surface area contributed by atoms with Gasteiger partial charge in [0.05, 0.1) is 5.92 Å². The first-order valence-electron chi connectivity index (χ1n) is 6.36. The molecular weight excluding hydrogens is 278 g/mol. The Hall–Kier alpha value is -1.66. The van der Waals surface area contributed by atoms with Crippen LogP contribution in [0.2, 0.25) is 0 Å². The minimum Gasteiger partial charge on any atom is -0.481 e. The van der Waals surface area contributed by atoms with Crippen molar-refractivity contribution < 1.29 is 18.3 Å². The molecule has 1 unspecified atom stereocenters. The number of carbonyl (C=O) groups is 1. The maximum atomic E-state index is 11.7. The van der Waals surface area contributed by atoms with Gasteiger partial charge in [-0.05, 0) is 24.5 Å². The number of sulfonamides is 1. The molecule has 110 valence electrons. The first-order valence-corrected chi connectivity index (χ1v) is 7.91. The van der Waals surface area contributed by atoms with Crippen molar-refractivity contribution in [3.63, 3.8) is 0 Å². The Bertz CT molecular complexity index is 552. The lowest BCUT2D eigenvalue weighted by Crippen LogP contribution is -2.23. The van der Waals surface area contributed by atoms with Gasteiger partial charge in [0.15, 0.2) is 0 Å². The molecule has 0 aliphatic carbocycles. The van der Waals surface area contributed by atoms with Gasteiger partial charge < -0.3 is 5.11 Å². The molecule has 6 heteroatoms. The molecule has 1 atom stereocenters. The van der Waals surface area contributed by atoms with Crippen LogP contribution in [-0.2, 0) is 14.8 Å². The van der Waals surface area contributed by atoms with E-state index in [1.807, 2.05) is 18.2 Å². The second-order valence-electron chi connectivity index (χ2n) is 4.53. The van der Waals surface area contributed by atoms with Crippen LogP contribution >= 0.6 is 0 Å². The molecule has 5 nitrogen and oxygen atoms in total. The molecule has 0 aromatic heterocycles. The molecule has 0 aliphatic rings. The average molecular weight is 297 g/mol. The molecule has 0 saturated heterocycles. The van der Waals surface area contributed by atoms with Gasteiger partial charge in [-0.1, -0.05) is 37.3 Å². The van der Waals surface area contributed by atoms with Crippen molar-refractivity contribution in [3.8, 4) is 0 Å². The number of aliphatic carboxylic acids is 1. The summed E-state index contributed by atoms with van der Waals surface area (Å²) in [5.41, 5.74) is 0.803. The lowest BCUT2D eigenvalue weighted by molar-refractivity contribution is -0.141. The Morgan fingerprint density at radius 2 is 2.00 bits per heavy atom. The highest BCUT2D eigenvalue weighted by atomic mass is 32.2. The second-order valence-corrected chi connectivity index (χ2v) is 6.19. The third-order valence-corrected chi connectivity index (χ3v) is 3.88. The number of carboxylic acid groups (broad SMARTS) is 1. The monoisotopic (exact) mass is 297 g/mol. The van der Waals surface area contributed by atoms with Crippen molar-refractivity contribution in [1.29, 1.82) is 0 Å². The van der Waals surface area contributed by atoms with Gasteiger partial charge in [0.2, 0.25) is 10.0 Å². The fourth-order valence-corrected chi connectivity index (χ4v) is 2.39. The molecule has 20 heavy (non-hydrogen) atoms. The van der Waals surface area contributed by atoms with Gasteiger partial charge in [-0.2, -0.15) is 0 Å². The topological polar surface area (TPSA) is 83.5 Å². The minimum atomic E-state index is -3.48. The predicted molar refractivity (Wildman–Crippen MR) is 78.4 cm³/mol. The molecule has 0 fully saturated rings. The van der Waals surface area contributed by atoms with Gasteiger partial charge in [0, 0.05) is 12.0 Å². The van der Waals surface area contributed by atoms with Crippen LogP contribution < -0.4 is 4.72 Å². The molecule has 0 aliphatic heterocycles. The summed E-state index contributed by atoms with van der Waals surface area (Å²) in [5.74, 6) is -1.32. The normalized spacial score (nSPS) is 13.4. The van der Waals surface area contributed by atoms with Crippen LogP contribution in [0.5, 0.6) is 0 Å². The van der Waals surface area contributed by atoms with E-state index >= 15 is 0 Å². The number of rotatable bonds is 8. The van der Waals surface area contributed by atoms with E-state index in [0.29, 0.717) is 12.8 Å². The minimum absolute atomic E-state index is 0.235. The molecule has 0 bridgehead atoms. The van der Waals surface area contributed by atoms with Crippen LogP contribution in [-0.4, -0.2) is 26.0 Å². The summed E-state index contributed by atoms with van der Waals surface area (Å²) in [6.07, 6.45) is 2.45. The van der Waals surface area contributed by atoms with Crippen LogP contribution in [0.3, 0.4) is 0 Å². The zero-order valence-electron chi connectivity index (χ0n) is 11.3. The average Bonchev–Trinajstić information content (AvgIpc) is 2.42. The smallest absolute Gasteiger partial charge is 0.306 e. The fourth-order valence-electron chi connectivity index (χ4n) is 1.53. The highest BCUT2D eigenvalue weighted by Gasteiger charge is 2.10. The van der Waals surface area contributed by atoms with Crippen molar-refractivity contribution in [2.45, 2.75) is 19.8 Å². The van der Waals surface area contributed by atoms with Crippen LogP contribution in [0.4, 0.5) is 0 Å². The quantitative estimate of drug-likeness (QED) is 0.720. The number of hydrogen-bond donors (Lipinski definition) is 2. The van der Waals surface area contributed by atoms with E-state index in [0.717, 1.165) is 11.0 Å². The number of nitrogens with one attached hydrogen (secondary N) is 1. The van der Waals surface area contributed by atoms with Crippen molar-refractivity contribution in [1.82, 2.24) is 4.72 Å². The maximum Gasteiger partial charge on any atom is 0.306 e. The molecule has 0 spiro atoms. The third kappa shape index (κ3) is 6.49. The number of carboxylic acids is 1. The second kappa shape index (κ2) is 7.81. The Kier molecular flexibility index (Phi) is 6.41. The highest BCUT2D eigenvalue weighted by Crippen LogP contribution is 2.05. The van der Waals surface area contributed by atoms with Gasteiger partial charge in [0.1, 0.15) is 0 Å². The van der Waals surface area contributed by atoms with Crippen LogP contribution in [0, 0.1) is 5.92 Å². The summed E-state index contributed by atoms with van der Waals surface area (Å²) in [4.78, 5) is 10.6. The number of hydrogen-bond acceptors (Lipinski definition) is 3. The Balaban J connectivity index is 2.39. The van der Waals surface area contributed by atoms with Gasteiger partial charge in [-0.25, -0.2) is 13.1 Å². The van der Waals surface area contributed by atoms with Crippen molar-refractivity contribution in [2.24, 2.45) is 5.92 Å². The molecule has 0 amide bonds. The van der Waals surface area contributed by atoms with Crippen LogP contribution in [0.1, 0.15) is 25.3 Å². The van der Waals surface area contributed by atoms with E-state index in [2.05, 4.69) is 4.72 Å². The van der Waals surface area contributed by atoms with Crippen molar-refractivity contribution in [3.05, 3.63) is 41.3 Å². The molecule has 1 aromatic rings. The molecule has 1 rings (SSSR count). The standard InChI is InChI=1S/C14H19NO4S/c1-12(14(16)17)6-5-10-15-20(18,19)11-9-13-7-3-2-4-8-13/h2-4,7-9,11-12,15H,5-6,10H2,1H3,(H,16,17)/b11-9+. The Morgan fingerprint density at radius 1 is 1.35 bits per heavy atom. The Labute approximate surface area is 119 Å². The van der Waals surface area contributed by atoms with Gasteiger partial charge >= 0.3 is 5.97 Å². The molecule has 0 radical (unpaired) electrons. The first kappa shape index (κ1) is 16.4. The maximum absolute atomic E-state index is 11.7. The fraction of sp³-hybridized carbons (Fsp3) is 0.357. The van der Waals surface area contributed by atoms with E-state index < -0.39 is 21.9 Å². The van der Waals surface area contributed by atoms with Gasteiger partial charge in [0.25, 0.3) is 0 Å². The first-order chi connectivity index (χ1) is 9.41. The van der Waals surface area contributed by atoms with Crippen molar-refractivity contribution >= 4 is 22.1 Å². The summed E-state index contributed by atoms with van der Waals surface area (Å²) in [7, 11) is -3.48. The van der Waals surface area contributed by atoms with Gasteiger partial charge in [-0.15, -0.1) is 0 Å². The van der Waals surface area contributed by atoms with Crippen LogP contribution in [0.15, 0.2) is 35.7 Å². The summed E-state index contributed by atoms with van der Waals surface area (Å²) >= 11 is 0. The summed E-state index contributed by atoms with van der Waals surface area (Å²) in [6, 6.07) is 9.12. The van der Waals surface area contributed by atoms with E-state index in [4.69, 9.17) is 5.11 Å². The summed E-state index contributed by atoms with van der Waals surface area (Å²) < 4.78 is 25.8. The zero-order valence-corrected chi connectivity index (χ0v) is 12.1. The molecule has 0 heterocycles. The Morgan fingerprint density at radius 3 is 2.60 bits per heavy atom. The van der Waals surface area contributed by atoms with E-state index in [-0.39, 0.29) is 6.54 Å².